The summed E-state index contributed by atoms with van der Waals surface area (Å²) in [6.45, 7) is 2.43. The van der Waals surface area contributed by atoms with Crippen LogP contribution in [0, 0.1) is 11.3 Å². The highest BCUT2D eigenvalue weighted by Gasteiger charge is 2.12. The molecule has 0 aliphatic carbocycles. The van der Waals surface area contributed by atoms with E-state index in [1.54, 1.807) is 24.3 Å². The van der Waals surface area contributed by atoms with Gasteiger partial charge < -0.3 is 4.74 Å². The van der Waals surface area contributed by atoms with Gasteiger partial charge in [-0.2, -0.15) is 5.26 Å². The SMILES string of the molecule is CCc1nnc(NC(=O)C(C#N)=Cc2ccc(OCc3ccccc3)cc2)s1. The van der Waals surface area contributed by atoms with Crippen LogP contribution in [0.15, 0.2) is 60.2 Å². The van der Waals surface area contributed by atoms with Crippen molar-refractivity contribution in [3.05, 3.63) is 76.3 Å². The Morgan fingerprint density at radius 3 is 2.57 bits per heavy atom. The Labute approximate surface area is 167 Å². The van der Waals surface area contributed by atoms with E-state index in [1.807, 2.05) is 43.3 Å². The van der Waals surface area contributed by atoms with Crippen LogP contribution in [0.3, 0.4) is 0 Å². The van der Waals surface area contributed by atoms with Crippen molar-refractivity contribution in [2.75, 3.05) is 5.32 Å². The van der Waals surface area contributed by atoms with Gasteiger partial charge in [-0.1, -0.05) is 60.7 Å². The van der Waals surface area contributed by atoms with E-state index in [-0.39, 0.29) is 5.57 Å². The summed E-state index contributed by atoms with van der Waals surface area (Å²) in [6.07, 6.45) is 2.27. The zero-order chi connectivity index (χ0) is 19.8. The van der Waals surface area contributed by atoms with Crippen LogP contribution in [0.1, 0.15) is 23.1 Å². The molecule has 1 aromatic heterocycles. The molecule has 0 bridgehead atoms. The van der Waals surface area contributed by atoms with Crippen molar-refractivity contribution in [1.29, 1.82) is 5.26 Å². The van der Waals surface area contributed by atoms with Gasteiger partial charge >= 0.3 is 0 Å². The molecule has 0 aliphatic heterocycles. The minimum absolute atomic E-state index is 0.00815. The molecule has 0 saturated carbocycles. The van der Waals surface area contributed by atoms with Crippen molar-refractivity contribution in [2.24, 2.45) is 0 Å². The number of rotatable bonds is 7. The zero-order valence-corrected chi connectivity index (χ0v) is 16.1. The number of aryl methyl sites for hydroxylation is 1. The topological polar surface area (TPSA) is 87.9 Å². The Balaban J connectivity index is 1.63. The number of anilines is 1. The van der Waals surface area contributed by atoms with E-state index in [0.717, 1.165) is 22.6 Å². The molecule has 0 saturated heterocycles. The molecule has 3 aromatic rings. The number of nitrogens with one attached hydrogen (secondary N) is 1. The van der Waals surface area contributed by atoms with Crippen LogP contribution in [0.25, 0.3) is 6.08 Å². The van der Waals surface area contributed by atoms with Gasteiger partial charge in [0.2, 0.25) is 5.13 Å². The normalized spacial score (nSPS) is 10.9. The Morgan fingerprint density at radius 2 is 1.93 bits per heavy atom. The summed E-state index contributed by atoms with van der Waals surface area (Å²) in [5.74, 6) is 0.204. The Kier molecular flexibility index (Phi) is 6.50. The van der Waals surface area contributed by atoms with Gasteiger partial charge in [0.15, 0.2) is 0 Å². The van der Waals surface area contributed by atoms with Crippen LogP contribution >= 0.6 is 11.3 Å². The third kappa shape index (κ3) is 5.25. The van der Waals surface area contributed by atoms with E-state index in [2.05, 4.69) is 15.5 Å². The van der Waals surface area contributed by atoms with Crippen molar-refractivity contribution < 1.29 is 9.53 Å². The summed E-state index contributed by atoms with van der Waals surface area (Å²) in [5, 5.41) is 21.0. The molecule has 1 amide bonds. The molecule has 7 heteroatoms. The Morgan fingerprint density at radius 1 is 1.18 bits per heavy atom. The third-order valence-electron chi connectivity index (χ3n) is 3.79. The van der Waals surface area contributed by atoms with E-state index in [4.69, 9.17) is 4.74 Å². The number of ether oxygens (including phenoxy) is 1. The second-order valence-corrected chi connectivity index (χ2v) is 6.88. The van der Waals surface area contributed by atoms with Gasteiger partial charge in [0.1, 0.15) is 29.0 Å². The first kappa shape index (κ1) is 19.3. The number of aromatic nitrogens is 2. The van der Waals surface area contributed by atoms with E-state index in [9.17, 15) is 10.1 Å². The number of carbonyl (C=O) groups is 1. The molecule has 2 aromatic carbocycles. The van der Waals surface area contributed by atoms with E-state index < -0.39 is 5.91 Å². The first-order valence-electron chi connectivity index (χ1n) is 8.70. The molecule has 28 heavy (non-hydrogen) atoms. The largest absolute Gasteiger partial charge is 0.489 e. The predicted molar refractivity (Wildman–Crippen MR) is 109 cm³/mol. The van der Waals surface area contributed by atoms with Crippen LogP contribution in [-0.2, 0) is 17.8 Å². The van der Waals surface area contributed by atoms with Crippen molar-refractivity contribution in [3.8, 4) is 11.8 Å². The van der Waals surface area contributed by atoms with Gasteiger partial charge in [-0.3, -0.25) is 10.1 Å². The average Bonchev–Trinajstić information content (AvgIpc) is 3.19. The van der Waals surface area contributed by atoms with Gasteiger partial charge in [0, 0.05) is 0 Å². The third-order valence-corrected chi connectivity index (χ3v) is 4.78. The van der Waals surface area contributed by atoms with Crippen molar-refractivity contribution in [3.63, 3.8) is 0 Å². The molecule has 6 nitrogen and oxygen atoms in total. The van der Waals surface area contributed by atoms with Crippen molar-refractivity contribution in [2.45, 2.75) is 20.0 Å². The van der Waals surface area contributed by atoms with Gasteiger partial charge in [-0.15, -0.1) is 10.2 Å². The average molecular weight is 390 g/mol. The predicted octanol–water partition coefficient (Wildman–Crippen LogP) is 4.23. The number of hydrogen-bond acceptors (Lipinski definition) is 6. The van der Waals surface area contributed by atoms with E-state index >= 15 is 0 Å². The second-order valence-electron chi connectivity index (χ2n) is 5.82. The fourth-order valence-corrected chi connectivity index (χ4v) is 3.00. The first-order valence-corrected chi connectivity index (χ1v) is 9.52. The standard InChI is InChI=1S/C21H18N4O2S/c1-2-19-24-25-21(28-19)23-20(26)17(13-22)12-15-8-10-18(11-9-15)27-14-16-6-4-3-5-7-16/h3-12H,2,14H2,1H3,(H,23,25,26). The number of nitriles is 1. The van der Waals surface area contributed by atoms with Gasteiger partial charge in [0.25, 0.3) is 5.91 Å². The Bertz CT molecular complexity index is 1000. The maximum Gasteiger partial charge on any atom is 0.268 e. The lowest BCUT2D eigenvalue weighted by Gasteiger charge is -2.06. The highest BCUT2D eigenvalue weighted by Crippen LogP contribution is 2.18. The minimum atomic E-state index is -0.509. The summed E-state index contributed by atoms with van der Waals surface area (Å²) in [4.78, 5) is 12.3. The summed E-state index contributed by atoms with van der Waals surface area (Å²) in [6, 6.07) is 19.0. The summed E-state index contributed by atoms with van der Waals surface area (Å²) >= 11 is 1.29. The number of benzene rings is 2. The van der Waals surface area contributed by atoms with E-state index in [0.29, 0.717) is 17.5 Å². The van der Waals surface area contributed by atoms with Crippen LogP contribution in [0.2, 0.25) is 0 Å². The molecule has 140 valence electrons. The molecule has 0 radical (unpaired) electrons. The second kappa shape index (κ2) is 9.44. The lowest BCUT2D eigenvalue weighted by molar-refractivity contribution is -0.112. The monoisotopic (exact) mass is 390 g/mol. The Hall–Kier alpha value is -3.50. The molecule has 0 aliphatic rings. The first-order chi connectivity index (χ1) is 13.7. The number of amides is 1. The maximum atomic E-state index is 12.3. The molecule has 0 fully saturated rings. The van der Waals surface area contributed by atoms with Gasteiger partial charge in [-0.25, -0.2) is 0 Å². The molecule has 1 heterocycles. The van der Waals surface area contributed by atoms with E-state index in [1.165, 1.54) is 17.4 Å². The minimum Gasteiger partial charge on any atom is -0.489 e. The lowest BCUT2D eigenvalue weighted by Crippen LogP contribution is -2.13. The fourth-order valence-electron chi connectivity index (χ4n) is 2.33. The number of carbonyl (C=O) groups excluding carboxylic acids is 1. The highest BCUT2D eigenvalue weighted by atomic mass is 32.1. The molecule has 1 N–H and O–H groups in total. The summed E-state index contributed by atoms with van der Waals surface area (Å²) < 4.78 is 5.74. The molecule has 3 rings (SSSR count). The maximum absolute atomic E-state index is 12.3. The number of hydrogen-bond donors (Lipinski definition) is 1. The van der Waals surface area contributed by atoms with Crippen LogP contribution in [-0.4, -0.2) is 16.1 Å². The molecule has 0 spiro atoms. The molecule has 0 atom stereocenters. The zero-order valence-electron chi connectivity index (χ0n) is 15.3. The van der Waals surface area contributed by atoms with Gasteiger partial charge in [0.05, 0.1) is 0 Å². The van der Waals surface area contributed by atoms with Crippen LogP contribution in [0.5, 0.6) is 5.75 Å². The number of nitrogens with zero attached hydrogens (tertiary/aromatic N) is 3. The smallest absolute Gasteiger partial charge is 0.268 e. The van der Waals surface area contributed by atoms with Crippen LogP contribution in [0.4, 0.5) is 5.13 Å². The molecular formula is C21H18N4O2S. The quantitative estimate of drug-likeness (QED) is 0.482. The summed E-state index contributed by atoms with van der Waals surface area (Å²) in [7, 11) is 0. The fraction of sp³-hybridized carbons (Fsp3) is 0.143. The van der Waals surface area contributed by atoms with Crippen molar-refractivity contribution >= 4 is 28.5 Å². The molecule has 0 unspecified atom stereocenters. The van der Waals surface area contributed by atoms with Crippen LogP contribution < -0.4 is 10.1 Å². The van der Waals surface area contributed by atoms with Gasteiger partial charge in [-0.05, 0) is 35.8 Å². The highest BCUT2D eigenvalue weighted by molar-refractivity contribution is 7.15. The summed E-state index contributed by atoms with van der Waals surface area (Å²) in [5.41, 5.74) is 1.80. The van der Waals surface area contributed by atoms with Crippen molar-refractivity contribution in [1.82, 2.24) is 10.2 Å². The molecular weight excluding hydrogens is 372 g/mol. The lowest BCUT2D eigenvalue weighted by atomic mass is 10.1.